The van der Waals surface area contributed by atoms with Crippen LogP contribution in [0.2, 0.25) is 0 Å². The Bertz CT molecular complexity index is 733. The Morgan fingerprint density at radius 2 is 2.21 bits per heavy atom. The van der Waals surface area contributed by atoms with Crippen molar-refractivity contribution in [2.45, 2.75) is 6.92 Å². The number of para-hydroxylation sites is 1. The summed E-state index contributed by atoms with van der Waals surface area (Å²) >= 11 is 4.98. The lowest BCUT2D eigenvalue weighted by atomic mass is 10.2. The van der Waals surface area contributed by atoms with Gasteiger partial charge in [0.15, 0.2) is 0 Å². The fourth-order valence-corrected chi connectivity index (χ4v) is 1.65. The molecule has 0 radical (unpaired) electrons. The maximum atomic E-state index is 11.8. The van der Waals surface area contributed by atoms with Crippen molar-refractivity contribution in [3.63, 3.8) is 0 Å². The van der Waals surface area contributed by atoms with Crippen LogP contribution < -0.4 is 10.3 Å². The Balaban J connectivity index is 2.47. The Hall–Kier alpha value is -2.28. The van der Waals surface area contributed by atoms with Crippen LogP contribution in [0.5, 0.6) is 5.75 Å². The number of ether oxygens (including phenoxy) is 1. The molecule has 0 aliphatic rings. The lowest BCUT2D eigenvalue weighted by Gasteiger charge is -2.03. The molecule has 2 aromatic rings. The topological polar surface area (TPSA) is 72.3 Å². The van der Waals surface area contributed by atoms with E-state index < -0.39 is 0 Å². The Kier molecular flexibility index (Phi) is 3.86. The van der Waals surface area contributed by atoms with Gasteiger partial charge in [0.1, 0.15) is 11.4 Å². The van der Waals surface area contributed by atoms with E-state index >= 15 is 0 Å². The van der Waals surface area contributed by atoms with Gasteiger partial charge in [-0.3, -0.25) is 9.89 Å². The van der Waals surface area contributed by atoms with E-state index in [4.69, 9.17) is 17.0 Å². The van der Waals surface area contributed by atoms with Crippen LogP contribution in [0.15, 0.2) is 34.2 Å². The molecule has 7 heteroatoms. The minimum Gasteiger partial charge on any atom is -0.496 e. The maximum Gasteiger partial charge on any atom is 0.296 e. The van der Waals surface area contributed by atoms with E-state index in [0.717, 1.165) is 10.2 Å². The van der Waals surface area contributed by atoms with Crippen LogP contribution in [-0.4, -0.2) is 28.2 Å². The van der Waals surface area contributed by atoms with E-state index in [1.165, 1.54) is 6.21 Å². The number of benzene rings is 1. The van der Waals surface area contributed by atoms with Gasteiger partial charge in [-0.25, -0.2) is 0 Å². The second-order valence-electron chi connectivity index (χ2n) is 3.72. The second kappa shape index (κ2) is 5.57. The zero-order valence-electron chi connectivity index (χ0n) is 10.5. The summed E-state index contributed by atoms with van der Waals surface area (Å²) in [6.07, 6.45) is 1.52. The third kappa shape index (κ3) is 2.76. The Morgan fingerprint density at radius 3 is 2.95 bits per heavy atom. The van der Waals surface area contributed by atoms with Crippen LogP contribution in [-0.2, 0) is 0 Å². The standard InChI is InChI=1S/C12H12N4O2S/c1-8-11(17)16(12(19)15-14-8)13-7-9-5-3-4-6-10(9)18-2/h3-7H,1-2H3,(H,15,19). The number of H-pyrrole nitrogens is 1. The minimum atomic E-state index is -0.352. The average Bonchev–Trinajstić information content (AvgIpc) is 2.43. The third-order valence-corrected chi connectivity index (χ3v) is 2.73. The van der Waals surface area contributed by atoms with Crippen LogP contribution >= 0.6 is 12.2 Å². The molecule has 0 saturated heterocycles. The summed E-state index contributed by atoms with van der Waals surface area (Å²) in [5, 5.41) is 10.4. The molecule has 0 aliphatic heterocycles. The van der Waals surface area contributed by atoms with Crippen molar-refractivity contribution < 1.29 is 4.74 Å². The number of hydrogen-bond donors (Lipinski definition) is 1. The van der Waals surface area contributed by atoms with Crippen molar-refractivity contribution in [2.75, 3.05) is 7.11 Å². The zero-order chi connectivity index (χ0) is 13.8. The number of rotatable bonds is 3. The fourth-order valence-electron chi connectivity index (χ4n) is 1.47. The predicted octanol–water partition coefficient (Wildman–Crippen LogP) is 1.50. The summed E-state index contributed by atoms with van der Waals surface area (Å²) in [4.78, 5) is 11.8. The second-order valence-corrected chi connectivity index (χ2v) is 4.10. The molecule has 1 aromatic heterocycles. The lowest BCUT2D eigenvalue weighted by Crippen LogP contribution is -2.22. The predicted molar refractivity (Wildman–Crippen MR) is 74.4 cm³/mol. The molecule has 0 bridgehead atoms. The van der Waals surface area contributed by atoms with E-state index in [0.29, 0.717) is 11.4 Å². The van der Waals surface area contributed by atoms with Gasteiger partial charge >= 0.3 is 0 Å². The summed E-state index contributed by atoms with van der Waals surface area (Å²) in [7, 11) is 1.57. The molecule has 1 heterocycles. The van der Waals surface area contributed by atoms with Gasteiger partial charge in [0.2, 0.25) is 4.77 Å². The Morgan fingerprint density at radius 1 is 1.47 bits per heavy atom. The smallest absolute Gasteiger partial charge is 0.296 e. The number of aromatic amines is 1. The first-order valence-electron chi connectivity index (χ1n) is 5.49. The van der Waals surface area contributed by atoms with E-state index in [1.807, 2.05) is 24.3 Å². The molecule has 0 spiro atoms. The first-order valence-corrected chi connectivity index (χ1v) is 5.90. The molecule has 0 fully saturated rings. The van der Waals surface area contributed by atoms with E-state index in [9.17, 15) is 4.79 Å². The number of methoxy groups -OCH3 is 1. The van der Waals surface area contributed by atoms with E-state index in [1.54, 1.807) is 14.0 Å². The summed E-state index contributed by atoms with van der Waals surface area (Å²) in [6, 6.07) is 7.34. The molecule has 2 rings (SSSR count). The minimum absolute atomic E-state index is 0.141. The summed E-state index contributed by atoms with van der Waals surface area (Å²) in [6.45, 7) is 1.59. The number of aromatic nitrogens is 3. The molecular formula is C12H12N4O2S. The number of hydrogen-bond acceptors (Lipinski definition) is 5. The SMILES string of the molecule is COc1ccccc1C=Nn1c(=S)[nH]nc(C)c1=O. The molecule has 1 aromatic carbocycles. The molecule has 1 N–H and O–H groups in total. The molecule has 0 aliphatic carbocycles. The first kappa shape index (κ1) is 13.2. The van der Waals surface area contributed by atoms with Crippen LogP contribution in [0.1, 0.15) is 11.3 Å². The Labute approximate surface area is 114 Å². The first-order chi connectivity index (χ1) is 9.13. The highest BCUT2D eigenvalue weighted by Gasteiger charge is 2.02. The monoisotopic (exact) mass is 276 g/mol. The van der Waals surface area contributed by atoms with E-state index in [2.05, 4.69) is 15.3 Å². The molecular weight excluding hydrogens is 264 g/mol. The van der Waals surface area contributed by atoms with Crippen molar-refractivity contribution in [1.29, 1.82) is 0 Å². The van der Waals surface area contributed by atoms with Gasteiger partial charge in [0, 0.05) is 5.56 Å². The molecule has 0 amide bonds. The largest absolute Gasteiger partial charge is 0.496 e. The van der Waals surface area contributed by atoms with Gasteiger partial charge in [-0.05, 0) is 31.3 Å². The summed E-state index contributed by atoms with van der Waals surface area (Å²) in [5.41, 5.74) is 0.696. The molecule has 6 nitrogen and oxygen atoms in total. The number of nitrogens with one attached hydrogen (secondary N) is 1. The lowest BCUT2D eigenvalue weighted by molar-refractivity contribution is 0.414. The van der Waals surface area contributed by atoms with Gasteiger partial charge in [-0.1, -0.05) is 12.1 Å². The van der Waals surface area contributed by atoms with Crippen molar-refractivity contribution in [3.8, 4) is 5.75 Å². The van der Waals surface area contributed by atoms with Gasteiger partial charge in [0.25, 0.3) is 5.56 Å². The third-order valence-electron chi connectivity index (χ3n) is 2.46. The molecule has 0 saturated carbocycles. The zero-order valence-corrected chi connectivity index (χ0v) is 11.3. The fraction of sp³-hybridized carbons (Fsp3) is 0.167. The van der Waals surface area contributed by atoms with Gasteiger partial charge in [-0.15, -0.1) is 0 Å². The number of aryl methyl sites for hydroxylation is 1. The summed E-state index contributed by atoms with van der Waals surface area (Å²) in [5.74, 6) is 0.667. The molecule has 0 unspecified atom stereocenters. The molecule has 98 valence electrons. The van der Waals surface area contributed by atoms with Gasteiger partial charge in [0.05, 0.1) is 13.3 Å². The van der Waals surface area contributed by atoms with Crippen LogP contribution in [0.3, 0.4) is 0 Å². The summed E-state index contributed by atoms with van der Waals surface area (Å²) < 4.78 is 6.42. The van der Waals surface area contributed by atoms with Crippen LogP contribution in [0, 0.1) is 11.7 Å². The molecule has 0 atom stereocenters. The van der Waals surface area contributed by atoms with Crippen molar-refractivity contribution >= 4 is 18.4 Å². The van der Waals surface area contributed by atoms with Gasteiger partial charge in [-0.2, -0.15) is 14.9 Å². The van der Waals surface area contributed by atoms with E-state index in [-0.39, 0.29) is 10.3 Å². The highest BCUT2D eigenvalue weighted by molar-refractivity contribution is 7.71. The highest BCUT2D eigenvalue weighted by Crippen LogP contribution is 2.14. The number of nitrogens with zero attached hydrogens (tertiary/aromatic N) is 3. The van der Waals surface area contributed by atoms with Crippen LogP contribution in [0.25, 0.3) is 0 Å². The van der Waals surface area contributed by atoms with Crippen molar-refractivity contribution in [2.24, 2.45) is 5.10 Å². The maximum absolute atomic E-state index is 11.8. The average molecular weight is 276 g/mol. The van der Waals surface area contributed by atoms with Crippen molar-refractivity contribution in [3.05, 3.63) is 50.6 Å². The normalized spacial score (nSPS) is 10.8. The van der Waals surface area contributed by atoms with Crippen LogP contribution in [0.4, 0.5) is 0 Å². The quantitative estimate of drug-likeness (QED) is 0.681. The molecule has 19 heavy (non-hydrogen) atoms. The highest BCUT2D eigenvalue weighted by atomic mass is 32.1. The van der Waals surface area contributed by atoms with Gasteiger partial charge < -0.3 is 4.74 Å². The van der Waals surface area contributed by atoms with Crippen molar-refractivity contribution in [1.82, 2.24) is 14.9 Å².